The fourth-order valence-corrected chi connectivity index (χ4v) is 8.94. The second-order valence-electron chi connectivity index (χ2n) is 21.6. The van der Waals surface area contributed by atoms with Gasteiger partial charge in [-0.1, -0.05) is 289 Å². The molecule has 0 rings (SSSR count). The largest absolute Gasteiger partial charge is 0.462 e. The van der Waals surface area contributed by atoms with Crippen LogP contribution in [0.2, 0.25) is 0 Å². The van der Waals surface area contributed by atoms with Gasteiger partial charge >= 0.3 is 17.9 Å². The molecule has 0 saturated heterocycles. The normalized spacial score (nSPS) is 13.0. The molecule has 0 fully saturated rings. The van der Waals surface area contributed by atoms with Crippen molar-refractivity contribution in [2.24, 2.45) is 0 Å². The smallest absolute Gasteiger partial charge is 0.306 e. The number of allylic oxidation sites excluding steroid dienone is 22. The zero-order chi connectivity index (χ0) is 57.8. The third-order valence-electron chi connectivity index (χ3n) is 13.9. The van der Waals surface area contributed by atoms with Gasteiger partial charge in [0, 0.05) is 19.3 Å². The van der Waals surface area contributed by atoms with Crippen LogP contribution in [0.4, 0.5) is 0 Å². The summed E-state index contributed by atoms with van der Waals surface area (Å²) in [4.78, 5) is 38.3. The predicted molar refractivity (Wildman–Crippen MR) is 348 cm³/mol. The molecule has 0 aliphatic rings. The van der Waals surface area contributed by atoms with Gasteiger partial charge in [-0.05, 0) is 122 Å². The molecule has 0 spiro atoms. The summed E-state index contributed by atoms with van der Waals surface area (Å²) >= 11 is 0. The zero-order valence-electron chi connectivity index (χ0n) is 52.0. The molecule has 0 aromatic heterocycles. The fraction of sp³-hybridized carbons (Fsp3) is 0.662. The van der Waals surface area contributed by atoms with Crippen LogP contribution in [0.1, 0.15) is 297 Å². The summed E-state index contributed by atoms with van der Waals surface area (Å²) in [5.74, 6) is -0.913. The highest BCUT2D eigenvalue weighted by atomic mass is 16.6. The second-order valence-corrected chi connectivity index (χ2v) is 21.6. The molecule has 6 heteroatoms. The van der Waals surface area contributed by atoms with E-state index in [-0.39, 0.29) is 31.1 Å². The van der Waals surface area contributed by atoms with E-state index < -0.39 is 6.10 Å². The van der Waals surface area contributed by atoms with Gasteiger partial charge in [-0.2, -0.15) is 0 Å². The molecule has 0 aromatic rings. The summed E-state index contributed by atoms with van der Waals surface area (Å²) < 4.78 is 16.9. The average Bonchev–Trinajstić information content (AvgIpc) is 3.46. The van der Waals surface area contributed by atoms with Gasteiger partial charge in [0.1, 0.15) is 13.2 Å². The van der Waals surface area contributed by atoms with Crippen LogP contribution in [0.25, 0.3) is 0 Å². The molecular formula is C74H122O6. The van der Waals surface area contributed by atoms with Gasteiger partial charge in [-0.15, -0.1) is 0 Å². The minimum atomic E-state index is -0.795. The quantitative estimate of drug-likeness (QED) is 0.0261. The average molecular weight is 1110 g/mol. The fourth-order valence-electron chi connectivity index (χ4n) is 8.94. The van der Waals surface area contributed by atoms with E-state index in [2.05, 4.69) is 154 Å². The number of hydrogen-bond acceptors (Lipinski definition) is 6. The molecule has 0 aromatic carbocycles. The molecule has 1 unspecified atom stereocenters. The summed E-state index contributed by atoms with van der Waals surface area (Å²) in [7, 11) is 0. The first kappa shape index (κ1) is 75.5. The summed E-state index contributed by atoms with van der Waals surface area (Å²) in [6, 6.07) is 0. The lowest BCUT2D eigenvalue weighted by Gasteiger charge is -2.18. The van der Waals surface area contributed by atoms with E-state index in [1.807, 2.05) is 0 Å². The Balaban J connectivity index is 4.35. The molecule has 454 valence electrons. The van der Waals surface area contributed by atoms with Crippen molar-refractivity contribution in [3.8, 4) is 0 Å². The van der Waals surface area contributed by atoms with Crippen LogP contribution in [-0.4, -0.2) is 37.2 Å². The van der Waals surface area contributed by atoms with Crippen molar-refractivity contribution < 1.29 is 28.6 Å². The number of esters is 3. The first-order valence-electron chi connectivity index (χ1n) is 33.2. The summed E-state index contributed by atoms with van der Waals surface area (Å²) in [5.41, 5.74) is 0. The van der Waals surface area contributed by atoms with E-state index >= 15 is 0 Å². The minimum absolute atomic E-state index is 0.0889. The van der Waals surface area contributed by atoms with E-state index in [9.17, 15) is 14.4 Å². The van der Waals surface area contributed by atoms with Gasteiger partial charge in [-0.25, -0.2) is 0 Å². The standard InChI is InChI=1S/C74H122O6/c1-4-7-10-13-16-19-22-25-27-29-31-32-33-34-35-36-37-38-39-40-41-42-44-45-47-49-52-55-58-61-64-67-73(76)79-70-71(69-78-72(75)66-63-60-57-54-51-24-21-18-15-12-9-6-3)80-74(77)68-65-62-59-56-53-50-48-46-43-30-28-26-23-20-17-14-11-8-5-2/h7,10,16-17,19-20,25-28,31-32,34-35,37-38,40-41,43-46,71H,4-6,8-9,11-15,18,21-24,29-30,33,36,39,42,47-70H2,1-3H3/b10-7-,19-16-,20-17-,27-25-,28-26-,32-31-,35-34-,38-37-,41-40-,45-44-,46-43-. The van der Waals surface area contributed by atoms with Gasteiger partial charge in [-0.3, -0.25) is 14.4 Å². The SMILES string of the molecule is CC/C=C\C/C=C\C/C=C\C/C=C\C/C=C\C/C=C\C/C=C\C/C=C\CCCCCCCCC(=O)OCC(COC(=O)CCCCCCCCCCCCCC)OC(=O)CCCCCCCC/C=C\C/C=C\C/C=C\CCCCC. The monoisotopic (exact) mass is 1110 g/mol. The summed E-state index contributed by atoms with van der Waals surface area (Å²) in [5, 5.41) is 0. The Morgan fingerprint density at radius 2 is 0.487 bits per heavy atom. The van der Waals surface area contributed by atoms with Crippen LogP contribution >= 0.6 is 0 Å². The minimum Gasteiger partial charge on any atom is -0.462 e. The first-order valence-corrected chi connectivity index (χ1v) is 33.2. The highest BCUT2D eigenvalue weighted by Gasteiger charge is 2.19. The van der Waals surface area contributed by atoms with Crippen LogP contribution in [0.15, 0.2) is 134 Å². The Kier molecular flexibility index (Phi) is 63.3. The van der Waals surface area contributed by atoms with Crippen molar-refractivity contribution in [1.82, 2.24) is 0 Å². The van der Waals surface area contributed by atoms with Crippen molar-refractivity contribution in [2.75, 3.05) is 13.2 Å². The molecule has 0 amide bonds. The Morgan fingerprint density at radius 3 is 0.787 bits per heavy atom. The van der Waals surface area contributed by atoms with Crippen LogP contribution in [0, 0.1) is 0 Å². The van der Waals surface area contributed by atoms with Crippen molar-refractivity contribution in [3.63, 3.8) is 0 Å². The number of unbranched alkanes of at least 4 members (excludes halogenated alkanes) is 26. The van der Waals surface area contributed by atoms with E-state index in [1.165, 1.54) is 109 Å². The second kappa shape index (κ2) is 67.1. The number of ether oxygens (including phenoxy) is 3. The maximum atomic E-state index is 12.9. The first-order chi connectivity index (χ1) is 39.5. The lowest BCUT2D eigenvalue weighted by atomic mass is 10.0. The molecule has 0 aliphatic heterocycles. The zero-order valence-corrected chi connectivity index (χ0v) is 52.0. The molecule has 80 heavy (non-hydrogen) atoms. The Labute approximate surface area is 494 Å². The predicted octanol–water partition coefficient (Wildman–Crippen LogP) is 22.9. The van der Waals surface area contributed by atoms with E-state index in [4.69, 9.17) is 14.2 Å². The van der Waals surface area contributed by atoms with Crippen LogP contribution < -0.4 is 0 Å². The maximum Gasteiger partial charge on any atom is 0.306 e. The Morgan fingerprint density at radius 1 is 0.263 bits per heavy atom. The van der Waals surface area contributed by atoms with E-state index in [1.54, 1.807) is 0 Å². The molecule has 0 heterocycles. The van der Waals surface area contributed by atoms with Gasteiger partial charge in [0.2, 0.25) is 0 Å². The molecule has 0 N–H and O–H groups in total. The Bertz CT molecular complexity index is 1700. The number of carbonyl (C=O) groups is 3. The summed E-state index contributed by atoms with van der Waals surface area (Å²) in [6.07, 6.45) is 94.5. The molecule has 0 saturated carbocycles. The van der Waals surface area contributed by atoms with Gasteiger partial charge in [0.05, 0.1) is 0 Å². The van der Waals surface area contributed by atoms with Crippen molar-refractivity contribution >= 4 is 17.9 Å². The Hall–Kier alpha value is -4.45. The number of rotatable bonds is 59. The molecule has 0 aliphatic carbocycles. The van der Waals surface area contributed by atoms with Crippen molar-refractivity contribution in [1.29, 1.82) is 0 Å². The summed E-state index contributed by atoms with van der Waals surface area (Å²) in [6.45, 7) is 6.48. The van der Waals surface area contributed by atoms with Gasteiger partial charge in [0.15, 0.2) is 6.10 Å². The number of carbonyl (C=O) groups excluding carboxylic acids is 3. The van der Waals surface area contributed by atoms with Crippen LogP contribution in [0.3, 0.4) is 0 Å². The third-order valence-corrected chi connectivity index (χ3v) is 13.9. The van der Waals surface area contributed by atoms with Crippen molar-refractivity contribution in [2.45, 2.75) is 303 Å². The van der Waals surface area contributed by atoms with Gasteiger partial charge < -0.3 is 14.2 Å². The topological polar surface area (TPSA) is 78.9 Å². The lowest BCUT2D eigenvalue weighted by Crippen LogP contribution is -2.30. The van der Waals surface area contributed by atoms with Crippen LogP contribution in [0.5, 0.6) is 0 Å². The highest BCUT2D eigenvalue weighted by molar-refractivity contribution is 5.71. The van der Waals surface area contributed by atoms with Gasteiger partial charge in [0.25, 0.3) is 0 Å². The van der Waals surface area contributed by atoms with Crippen molar-refractivity contribution in [3.05, 3.63) is 134 Å². The van der Waals surface area contributed by atoms with E-state index in [0.29, 0.717) is 19.3 Å². The maximum absolute atomic E-state index is 12.9. The lowest BCUT2D eigenvalue weighted by molar-refractivity contribution is -0.167. The molecular weight excluding hydrogens is 985 g/mol. The molecule has 1 atom stereocenters. The molecule has 0 radical (unpaired) electrons. The highest BCUT2D eigenvalue weighted by Crippen LogP contribution is 2.15. The number of hydrogen-bond donors (Lipinski definition) is 0. The van der Waals surface area contributed by atoms with Crippen LogP contribution in [-0.2, 0) is 28.6 Å². The molecule has 0 bridgehead atoms. The molecule has 6 nitrogen and oxygen atoms in total. The van der Waals surface area contributed by atoms with E-state index in [0.717, 1.165) is 148 Å². The third kappa shape index (κ3) is 64.4.